The molecule has 3 rings (SSSR count). The minimum atomic E-state index is -0.273. The lowest BCUT2D eigenvalue weighted by atomic mass is 9.65. The summed E-state index contributed by atoms with van der Waals surface area (Å²) >= 11 is 0. The predicted molar refractivity (Wildman–Crippen MR) is 87.6 cm³/mol. The van der Waals surface area contributed by atoms with E-state index in [1.54, 1.807) is 0 Å². The van der Waals surface area contributed by atoms with Gasteiger partial charge in [-0.3, -0.25) is 0 Å². The molecule has 0 spiro atoms. The van der Waals surface area contributed by atoms with Gasteiger partial charge in [0.25, 0.3) is 0 Å². The van der Waals surface area contributed by atoms with Crippen molar-refractivity contribution in [3.05, 3.63) is 23.3 Å². The molecule has 1 heterocycles. The van der Waals surface area contributed by atoms with Crippen LogP contribution in [0.15, 0.2) is 12.1 Å². The van der Waals surface area contributed by atoms with Gasteiger partial charge in [-0.15, -0.1) is 0 Å². The maximum Gasteiger partial charge on any atom is 0.127 e. The number of aliphatic hydroxyl groups is 1. The predicted octanol–water partition coefficient (Wildman–Crippen LogP) is 4.11. The van der Waals surface area contributed by atoms with Crippen molar-refractivity contribution in [2.24, 2.45) is 5.92 Å². The molecule has 0 aromatic heterocycles. The first-order chi connectivity index (χ1) is 10.1. The van der Waals surface area contributed by atoms with Crippen LogP contribution in [0.3, 0.4) is 0 Å². The van der Waals surface area contributed by atoms with Crippen molar-refractivity contribution in [3.8, 4) is 11.5 Å². The van der Waals surface area contributed by atoms with Crippen molar-refractivity contribution in [1.29, 1.82) is 0 Å². The monoisotopic (exact) mass is 304 g/mol. The maximum atomic E-state index is 10.6. The van der Waals surface area contributed by atoms with Crippen LogP contribution in [0.4, 0.5) is 0 Å². The zero-order valence-electron chi connectivity index (χ0n) is 14.3. The first kappa shape index (κ1) is 15.7. The Balaban J connectivity index is 2.13. The second kappa shape index (κ2) is 4.89. The lowest BCUT2D eigenvalue weighted by molar-refractivity contribution is -0.0317. The number of hydrogen-bond acceptors (Lipinski definition) is 3. The molecule has 3 atom stereocenters. The highest BCUT2D eigenvalue weighted by atomic mass is 16.5. The molecule has 122 valence electrons. The van der Waals surface area contributed by atoms with Crippen molar-refractivity contribution >= 4 is 0 Å². The van der Waals surface area contributed by atoms with Crippen LogP contribution >= 0.6 is 0 Å². The standard InChI is InChI=1S/C19H28O3/c1-18(2,3)11-8-15(21)17-13-10-12(20)6-7-14(13)19(4,5)22-16(17)9-11/h8-9,12-14,20-21H,6-7,10H2,1-5H3. The average Bonchev–Trinajstić information content (AvgIpc) is 2.35. The molecule has 2 N–H and O–H groups in total. The normalized spacial score (nSPS) is 30.2. The van der Waals surface area contributed by atoms with Crippen molar-refractivity contribution in [3.63, 3.8) is 0 Å². The molecule has 1 aliphatic heterocycles. The lowest BCUT2D eigenvalue weighted by Gasteiger charge is -2.48. The Morgan fingerprint density at radius 3 is 2.50 bits per heavy atom. The van der Waals surface area contributed by atoms with E-state index in [0.29, 0.717) is 18.1 Å². The Labute approximate surface area is 133 Å². The number of fused-ring (bicyclic) bond motifs is 3. The minimum absolute atomic E-state index is 0.0387. The van der Waals surface area contributed by atoms with Crippen molar-refractivity contribution in [2.45, 2.75) is 76.9 Å². The fourth-order valence-corrected chi connectivity index (χ4v) is 4.16. The first-order valence-electron chi connectivity index (χ1n) is 8.34. The fourth-order valence-electron chi connectivity index (χ4n) is 4.16. The Hall–Kier alpha value is -1.22. The van der Waals surface area contributed by atoms with Gasteiger partial charge >= 0.3 is 0 Å². The van der Waals surface area contributed by atoms with Crippen molar-refractivity contribution in [1.82, 2.24) is 0 Å². The van der Waals surface area contributed by atoms with Gasteiger partial charge in [-0.05, 0) is 56.2 Å². The first-order valence-corrected chi connectivity index (χ1v) is 8.34. The highest BCUT2D eigenvalue weighted by Gasteiger charge is 2.47. The Bertz CT molecular complexity index is 583. The summed E-state index contributed by atoms with van der Waals surface area (Å²) < 4.78 is 6.30. The third-order valence-corrected chi connectivity index (χ3v) is 5.45. The fraction of sp³-hybridized carbons (Fsp3) is 0.684. The van der Waals surface area contributed by atoms with Crippen LogP contribution in [0.5, 0.6) is 11.5 Å². The summed E-state index contributed by atoms with van der Waals surface area (Å²) in [7, 11) is 0. The molecule has 1 aromatic rings. The molecule has 3 unspecified atom stereocenters. The number of aromatic hydroxyl groups is 1. The zero-order valence-corrected chi connectivity index (χ0v) is 14.3. The van der Waals surface area contributed by atoms with Crippen LogP contribution < -0.4 is 4.74 Å². The highest BCUT2D eigenvalue weighted by Crippen LogP contribution is 2.54. The topological polar surface area (TPSA) is 49.7 Å². The molecule has 3 nitrogen and oxygen atoms in total. The van der Waals surface area contributed by atoms with Gasteiger partial charge in [0.1, 0.15) is 17.1 Å². The molecule has 0 saturated heterocycles. The van der Waals surface area contributed by atoms with Crippen LogP contribution in [0.2, 0.25) is 0 Å². The van der Waals surface area contributed by atoms with Gasteiger partial charge in [0.15, 0.2) is 0 Å². The van der Waals surface area contributed by atoms with Gasteiger partial charge in [-0.25, -0.2) is 0 Å². The summed E-state index contributed by atoms with van der Waals surface area (Å²) in [6.45, 7) is 10.7. The van der Waals surface area contributed by atoms with E-state index < -0.39 is 0 Å². The van der Waals surface area contributed by atoms with Crippen molar-refractivity contribution in [2.75, 3.05) is 0 Å². The molecule has 22 heavy (non-hydrogen) atoms. The van der Waals surface area contributed by atoms with E-state index in [4.69, 9.17) is 4.74 Å². The van der Waals surface area contributed by atoms with E-state index >= 15 is 0 Å². The van der Waals surface area contributed by atoms with Gasteiger partial charge in [-0.2, -0.15) is 0 Å². The smallest absolute Gasteiger partial charge is 0.127 e. The number of rotatable bonds is 0. The largest absolute Gasteiger partial charge is 0.508 e. The minimum Gasteiger partial charge on any atom is -0.508 e. The zero-order chi connectivity index (χ0) is 16.3. The van der Waals surface area contributed by atoms with E-state index in [9.17, 15) is 10.2 Å². The van der Waals surface area contributed by atoms with Crippen LogP contribution in [0.1, 0.15) is 70.9 Å². The molecule has 0 radical (unpaired) electrons. The number of phenolic OH excluding ortho intramolecular Hbond substituents is 1. The number of hydrogen-bond donors (Lipinski definition) is 2. The van der Waals surface area contributed by atoms with Gasteiger partial charge in [0.05, 0.1) is 6.10 Å². The summed E-state index contributed by atoms with van der Waals surface area (Å²) in [6.07, 6.45) is 2.21. The van der Waals surface area contributed by atoms with E-state index in [0.717, 1.165) is 29.7 Å². The molecule has 1 fully saturated rings. The summed E-state index contributed by atoms with van der Waals surface area (Å²) in [4.78, 5) is 0. The molecule has 1 saturated carbocycles. The van der Waals surface area contributed by atoms with Crippen LogP contribution in [-0.2, 0) is 5.41 Å². The van der Waals surface area contributed by atoms with E-state index in [-0.39, 0.29) is 23.0 Å². The van der Waals surface area contributed by atoms with Gasteiger partial charge in [0, 0.05) is 17.4 Å². The van der Waals surface area contributed by atoms with Gasteiger partial charge in [-0.1, -0.05) is 20.8 Å². The van der Waals surface area contributed by atoms with Gasteiger partial charge in [0.2, 0.25) is 0 Å². The molecule has 1 aromatic carbocycles. The second-order valence-electron chi connectivity index (χ2n) is 8.54. The molecule has 3 heteroatoms. The highest BCUT2D eigenvalue weighted by molar-refractivity contribution is 5.53. The molecular formula is C19H28O3. The molecule has 0 bridgehead atoms. The summed E-state index contributed by atoms with van der Waals surface area (Å²) in [5.41, 5.74) is 1.68. The van der Waals surface area contributed by atoms with Crippen molar-refractivity contribution < 1.29 is 14.9 Å². The number of ether oxygens (including phenoxy) is 1. The van der Waals surface area contributed by atoms with Crippen LogP contribution in [0.25, 0.3) is 0 Å². The van der Waals surface area contributed by atoms with Crippen LogP contribution in [0, 0.1) is 5.92 Å². The molecule has 2 aliphatic rings. The summed E-state index contributed by atoms with van der Waals surface area (Å²) in [5.74, 6) is 1.64. The molecule has 0 amide bonds. The molecule has 1 aliphatic carbocycles. The average molecular weight is 304 g/mol. The number of benzene rings is 1. The second-order valence-corrected chi connectivity index (χ2v) is 8.54. The van der Waals surface area contributed by atoms with E-state index in [2.05, 4.69) is 40.7 Å². The third-order valence-electron chi connectivity index (χ3n) is 5.45. The summed E-state index contributed by atoms with van der Waals surface area (Å²) in [5, 5.41) is 20.7. The van der Waals surface area contributed by atoms with E-state index in [1.165, 1.54) is 0 Å². The maximum absolute atomic E-state index is 10.6. The van der Waals surface area contributed by atoms with E-state index in [1.807, 2.05) is 6.07 Å². The SMILES string of the molecule is CC(C)(C)c1cc(O)c2c(c1)OC(C)(C)C1CCC(O)CC21. The van der Waals surface area contributed by atoms with Crippen LogP contribution in [-0.4, -0.2) is 21.9 Å². The lowest BCUT2D eigenvalue weighted by Crippen LogP contribution is -2.47. The number of aliphatic hydroxyl groups excluding tert-OH is 1. The summed E-state index contributed by atoms with van der Waals surface area (Å²) in [6, 6.07) is 3.95. The van der Waals surface area contributed by atoms with Gasteiger partial charge < -0.3 is 14.9 Å². The third kappa shape index (κ3) is 2.50. The number of phenols is 1. The molecular weight excluding hydrogens is 276 g/mol. The Kier molecular flexibility index (Phi) is 3.48. The Morgan fingerprint density at radius 1 is 1.18 bits per heavy atom. The quantitative estimate of drug-likeness (QED) is 0.758. The Morgan fingerprint density at radius 2 is 1.86 bits per heavy atom.